The SMILES string of the molecule is Cc1ccc(NC(=O)CNC(=O)C2CCCCC2)c(C)c1. The number of hydrogen-bond donors (Lipinski definition) is 2. The molecule has 0 bridgehead atoms. The lowest BCUT2D eigenvalue weighted by Crippen LogP contribution is -2.37. The maximum Gasteiger partial charge on any atom is 0.243 e. The van der Waals surface area contributed by atoms with Crippen LogP contribution in [0.25, 0.3) is 0 Å². The topological polar surface area (TPSA) is 58.2 Å². The van der Waals surface area contributed by atoms with E-state index in [1.807, 2.05) is 32.0 Å². The minimum absolute atomic E-state index is 0.0190. The molecule has 21 heavy (non-hydrogen) atoms. The highest BCUT2D eigenvalue weighted by molar-refractivity contribution is 5.95. The molecular weight excluding hydrogens is 264 g/mol. The van der Waals surface area contributed by atoms with E-state index in [9.17, 15) is 9.59 Å². The molecule has 4 nitrogen and oxygen atoms in total. The third-order valence-corrected chi connectivity index (χ3v) is 4.06. The molecule has 1 aliphatic rings. The van der Waals surface area contributed by atoms with E-state index >= 15 is 0 Å². The Kier molecular flexibility index (Phi) is 5.37. The molecule has 0 aliphatic heterocycles. The van der Waals surface area contributed by atoms with Crippen LogP contribution in [0.1, 0.15) is 43.2 Å². The molecule has 0 saturated heterocycles. The van der Waals surface area contributed by atoms with Crippen molar-refractivity contribution in [3.63, 3.8) is 0 Å². The molecule has 1 aromatic rings. The van der Waals surface area contributed by atoms with Crippen molar-refractivity contribution < 1.29 is 9.59 Å². The first kappa shape index (κ1) is 15.5. The van der Waals surface area contributed by atoms with E-state index in [1.165, 1.54) is 6.42 Å². The van der Waals surface area contributed by atoms with Gasteiger partial charge in [0.15, 0.2) is 0 Å². The van der Waals surface area contributed by atoms with Crippen LogP contribution < -0.4 is 10.6 Å². The van der Waals surface area contributed by atoms with Gasteiger partial charge in [0.05, 0.1) is 6.54 Å². The molecule has 0 unspecified atom stereocenters. The maximum absolute atomic E-state index is 12.0. The molecule has 0 atom stereocenters. The number of carbonyl (C=O) groups is 2. The lowest BCUT2D eigenvalue weighted by Gasteiger charge is -2.20. The lowest BCUT2D eigenvalue weighted by atomic mass is 9.89. The van der Waals surface area contributed by atoms with Crippen molar-refractivity contribution >= 4 is 17.5 Å². The summed E-state index contributed by atoms with van der Waals surface area (Å²) in [5.74, 6) is -0.0655. The second kappa shape index (κ2) is 7.25. The van der Waals surface area contributed by atoms with Crippen LogP contribution in [0.2, 0.25) is 0 Å². The number of carbonyl (C=O) groups excluding carboxylic acids is 2. The molecule has 1 aromatic carbocycles. The second-order valence-electron chi connectivity index (χ2n) is 5.92. The van der Waals surface area contributed by atoms with Crippen LogP contribution in [0, 0.1) is 19.8 Å². The molecule has 2 amide bonds. The summed E-state index contributed by atoms with van der Waals surface area (Å²) in [5.41, 5.74) is 3.00. The van der Waals surface area contributed by atoms with Gasteiger partial charge < -0.3 is 10.6 Å². The minimum Gasteiger partial charge on any atom is -0.347 e. The summed E-state index contributed by atoms with van der Waals surface area (Å²) in [5, 5.41) is 5.59. The minimum atomic E-state index is -0.175. The van der Waals surface area contributed by atoms with Gasteiger partial charge in [-0.2, -0.15) is 0 Å². The van der Waals surface area contributed by atoms with Gasteiger partial charge in [0.2, 0.25) is 11.8 Å². The predicted molar refractivity (Wildman–Crippen MR) is 84.1 cm³/mol. The largest absolute Gasteiger partial charge is 0.347 e. The van der Waals surface area contributed by atoms with Crippen molar-refractivity contribution in [2.75, 3.05) is 11.9 Å². The van der Waals surface area contributed by atoms with Gasteiger partial charge in [-0.1, -0.05) is 37.0 Å². The zero-order valence-electron chi connectivity index (χ0n) is 12.9. The van der Waals surface area contributed by atoms with Crippen molar-refractivity contribution in [2.24, 2.45) is 5.92 Å². The third kappa shape index (κ3) is 4.59. The number of rotatable bonds is 4. The number of amides is 2. The van der Waals surface area contributed by atoms with Crippen LogP contribution in [0.4, 0.5) is 5.69 Å². The molecule has 4 heteroatoms. The van der Waals surface area contributed by atoms with Gasteiger partial charge in [-0.15, -0.1) is 0 Å². The highest BCUT2D eigenvalue weighted by atomic mass is 16.2. The van der Waals surface area contributed by atoms with Gasteiger partial charge in [-0.3, -0.25) is 9.59 Å². The maximum atomic E-state index is 12.0. The number of hydrogen-bond acceptors (Lipinski definition) is 2. The Labute approximate surface area is 126 Å². The Balaban J connectivity index is 1.80. The van der Waals surface area contributed by atoms with Crippen LogP contribution in [0.5, 0.6) is 0 Å². The van der Waals surface area contributed by atoms with E-state index in [-0.39, 0.29) is 24.3 Å². The van der Waals surface area contributed by atoms with Crippen molar-refractivity contribution in [1.29, 1.82) is 0 Å². The Hall–Kier alpha value is -1.84. The summed E-state index contributed by atoms with van der Waals surface area (Å²) in [6.45, 7) is 4.02. The highest BCUT2D eigenvalue weighted by Crippen LogP contribution is 2.23. The Bertz CT molecular complexity index is 520. The number of benzene rings is 1. The van der Waals surface area contributed by atoms with Crippen LogP contribution in [-0.2, 0) is 9.59 Å². The van der Waals surface area contributed by atoms with Gasteiger partial charge in [0.25, 0.3) is 0 Å². The van der Waals surface area contributed by atoms with Crippen molar-refractivity contribution in [1.82, 2.24) is 5.32 Å². The van der Waals surface area contributed by atoms with Gasteiger partial charge in [-0.25, -0.2) is 0 Å². The van der Waals surface area contributed by atoms with Crippen LogP contribution >= 0.6 is 0 Å². The van der Waals surface area contributed by atoms with E-state index in [0.717, 1.165) is 42.5 Å². The molecule has 1 saturated carbocycles. The first-order chi connectivity index (χ1) is 10.1. The Morgan fingerprint density at radius 2 is 1.86 bits per heavy atom. The number of nitrogens with one attached hydrogen (secondary N) is 2. The molecule has 0 radical (unpaired) electrons. The summed E-state index contributed by atoms with van der Waals surface area (Å²) in [6, 6.07) is 5.88. The lowest BCUT2D eigenvalue weighted by molar-refractivity contribution is -0.128. The molecular formula is C17H24N2O2. The first-order valence-corrected chi connectivity index (χ1v) is 7.71. The average molecular weight is 288 g/mol. The monoisotopic (exact) mass is 288 g/mol. The molecule has 1 aliphatic carbocycles. The molecule has 1 fully saturated rings. The number of anilines is 1. The van der Waals surface area contributed by atoms with Gasteiger partial charge in [0.1, 0.15) is 0 Å². The average Bonchev–Trinajstić information content (AvgIpc) is 2.48. The zero-order chi connectivity index (χ0) is 15.2. The van der Waals surface area contributed by atoms with E-state index in [2.05, 4.69) is 10.6 Å². The summed E-state index contributed by atoms with van der Waals surface area (Å²) in [4.78, 5) is 23.9. The summed E-state index contributed by atoms with van der Waals surface area (Å²) < 4.78 is 0. The van der Waals surface area contributed by atoms with Crippen molar-refractivity contribution in [2.45, 2.75) is 46.0 Å². The standard InChI is InChI=1S/C17H24N2O2/c1-12-8-9-15(13(2)10-12)19-16(20)11-18-17(21)14-6-4-3-5-7-14/h8-10,14H,3-7,11H2,1-2H3,(H,18,21)(H,19,20). The van der Waals surface area contributed by atoms with Crippen LogP contribution in [-0.4, -0.2) is 18.4 Å². The van der Waals surface area contributed by atoms with E-state index in [0.29, 0.717) is 0 Å². The summed E-state index contributed by atoms with van der Waals surface area (Å²) in [6.07, 6.45) is 5.35. The first-order valence-electron chi connectivity index (χ1n) is 7.71. The summed E-state index contributed by atoms with van der Waals surface area (Å²) >= 11 is 0. The fourth-order valence-electron chi connectivity index (χ4n) is 2.82. The van der Waals surface area contributed by atoms with Gasteiger partial charge >= 0.3 is 0 Å². The third-order valence-electron chi connectivity index (χ3n) is 4.06. The number of aryl methyl sites for hydroxylation is 2. The Morgan fingerprint density at radius 1 is 1.14 bits per heavy atom. The molecule has 0 aromatic heterocycles. The normalized spacial score (nSPS) is 15.5. The second-order valence-corrected chi connectivity index (χ2v) is 5.92. The van der Waals surface area contributed by atoms with Crippen molar-refractivity contribution in [3.05, 3.63) is 29.3 Å². The van der Waals surface area contributed by atoms with Gasteiger partial charge in [0, 0.05) is 11.6 Å². The molecule has 0 spiro atoms. The van der Waals surface area contributed by atoms with E-state index in [4.69, 9.17) is 0 Å². The molecule has 114 valence electrons. The van der Waals surface area contributed by atoms with Crippen molar-refractivity contribution in [3.8, 4) is 0 Å². The molecule has 2 rings (SSSR count). The zero-order valence-corrected chi connectivity index (χ0v) is 12.9. The van der Waals surface area contributed by atoms with Crippen LogP contribution in [0.15, 0.2) is 18.2 Å². The summed E-state index contributed by atoms with van der Waals surface area (Å²) in [7, 11) is 0. The predicted octanol–water partition coefficient (Wildman–Crippen LogP) is 2.94. The van der Waals surface area contributed by atoms with Gasteiger partial charge in [-0.05, 0) is 38.3 Å². The fourth-order valence-corrected chi connectivity index (χ4v) is 2.82. The quantitative estimate of drug-likeness (QED) is 0.895. The molecule has 0 heterocycles. The fraction of sp³-hybridized carbons (Fsp3) is 0.529. The Morgan fingerprint density at radius 3 is 2.52 bits per heavy atom. The highest BCUT2D eigenvalue weighted by Gasteiger charge is 2.21. The van der Waals surface area contributed by atoms with E-state index in [1.54, 1.807) is 0 Å². The van der Waals surface area contributed by atoms with Crippen LogP contribution in [0.3, 0.4) is 0 Å². The molecule has 2 N–H and O–H groups in total. The smallest absolute Gasteiger partial charge is 0.243 e. The van der Waals surface area contributed by atoms with E-state index < -0.39 is 0 Å².